The molecule has 6 nitrogen and oxygen atoms in total. The molecule has 1 fully saturated rings. The van der Waals surface area contributed by atoms with E-state index < -0.39 is 4.92 Å². The first-order valence-corrected chi connectivity index (χ1v) is 6.66. The molecular weight excluding hydrogens is 258 g/mol. The smallest absolute Gasteiger partial charge is 0.311 e. The molecule has 1 saturated heterocycles. The van der Waals surface area contributed by atoms with E-state index in [1.807, 2.05) is 6.08 Å². The number of nitro benzene ring substituents is 1. The standard InChI is InChI=1S/C14H19N3O3/c1-2-3-12(16-8-6-15-7-9-16)11-4-5-14(18)13(10-11)17(19)20/h2,4-5,10,12,15,18H,1,3,6-9H2/t12-/m1/s1. The van der Waals surface area contributed by atoms with Crippen LogP contribution in [0.5, 0.6) is 5.75 Å². The molecule has 1 aromatic carbocycles. The molecule has 0 spiro atoms. The van der Waals surface area contributed by atoms with E-state index >= 15 is 0 Å². The van der Waals surface area contributed by atoms with Crippen molar-refractivity contribution in [2.75, 3.05) is 26.2 Å². The molecule has 0 aliphatic carbocycles. The molecule has 1 aliphatic rings. The second kappa shape index (κ2) is 6.49. The van der Waals surface area contributed by atoms with Gasteiger partial charge in [0.25, 0.3) is 0 Å². The van der Waals surface area contributed by atoms with Crippen LogP contribution >= 0.6 is 0 Å². The summed E-state index contributed by atoms with van der Waals surface area (Å²) < 4.78 is 0. The van der Waals surface area contributed by atoms with Gasteiger partial charge in [-0.2, -0.15) is 0 Å². The van der Waals surface area contributed by atoms with Crippen molar-refractivity contribution in [2.24, 2.45) is 0 Å². The van der Waals surface area contributed by atoms with Crippen LogP contribution in [0.25, 0.3) is 0 Å². The van der Waals surface area contributed by atoms with Crippen molar-refractivity contribution in [1.82, 2.24) is 10.2 Å². The Kier molecular flexibility index (Phi) is 4.70. The Hall–Kier alpha value is -1.92. The van der Waals surface area contributed by atoms with E-state index in [-0.39, 0.29) is 17.5 Å². The zero-order chi connectivity index (χ0) is 14.5. The van der Waals surface area contributed by atoms with Gasteiger partial charge >= 0.3 is 5.69 Å². The first-order valence-electron chi connectivity index (χ1n) is 6.66. The maximum Gasteiger partial charge on any atom is 0.311 e. The Morgan fingerprint density at radius 1 is 1.50 bits per heavy atom. The first-order chi connectivity index (χ1) is 9.63. The number of nitrogens with zero attached hydrogens (tertiary/aromatic N) is 2. The van der Waals surface area contributed by atoms with Gasteiger partial charge in [-0.3, -0.25) is 15.0 Å². The van der Waals surface area contributed by atoms with Gasteiger partial charge in [-0.1, -0.05) is 12.1 Å². The minimum Gasteiger partial charge on any atom is -0.502 e. The highest BCUT2D eigenvalue weighted by Crippen LogP contribution is 2.32. The molecule has 20 heavy (non-hydrogen) atoms. The molecule has 0 amide bonds. The van der Waals surface area contributed by atoms with Crippen LogP contribution in [-0.4, -0.2) is 41.1 Å². The Morgan fingerprint density at radius 2 is 2.20 bits per heavy atom. The number of phenols is 1. The topological polar surface area (TPSA) is 78.6 Å². The molecule has 1 aliphatic heterocycles. The molecule has 2 N–H and O–H groups in total. The summed E-state index contributed by atoms with van der Waals surface area (Å²) in [7, 11) is 0. The summed E-state index contributed by atoms with van der Waals surface area (Å²) in [6.07, 6.45) is 2.55. The lowest BCUT2D eigenvalue weighted by Gasteiger charge is -2.34. The van der Waals surface area contributed by atoms with E-state index in [1.54, 1.807) is 6.07 Å². The average molecular weight is 277 g/mol. The van der Waals surface area contributed by atoms with Gasteiger partial charge in [-0.15, -0.1) is 6.58 Å². The van der Waals surface area contributed by atoms with E-state index in [1.165, 1.54) is 12.1 Å². The molecule has 0 bridgehead atoms. The number of nitrogens with one attached hydrogen (secondary N) is 1. The van der Waals surface area contributed by atoms with Crippen LogP contribution in [0.4, 0.5) is 5.69 Å². The third-order valence-corrected chi connectivity index (χ3v) is 3.56. The fourth-order valence-corrected chi connectivity index (χ4v) is 2.54. The lowest BCUT2D eigenvalue weighted by Crippen LogP contribution is -2.45. The first kappa shape index (κ1) is 14.5. The molecule has 108 valence electrons. The van der Waals surface area contributed by atoms with Crippen LogP contribution in [0.1, 0.15) is 18.0 Å². The predicted molar refractivity (Wildman–Crippen MR) is 76.8 cm³/mol. The number of piperazine rings is 1. The number of benzene rings is 1. The van der Waals surface area contributed by atoms with Crippen LogP contribution in [0, 0.1) is 10.1 Å². The van der Waals surface area contributed by atoms with Crippen molar-refractivity contribution >= 4 is 5.69 Å². The molecule has 0 unspecified atom stereocenters. The minimum absolute atomic E-state index is 0.0638. The van der Waals surface area contributed by atoms with Crippen LogP contribution in [-0.2, 0) is 0 Å². The molecule has 1 aromatic rings. The van der Waals surface area contributed by atoms with Gasteiger partial charge in [-0.05, 0) is 18.1 Å². The van der Waals surface area contributed by atoms with Crippen molar-refractivity contribution in [3.63, 3.8) is 0 Å². The Balaban J connectivity index is 2.30. The largest absolute Gasteiger partial charge is 0.502 e. The van der Waals surface area contributed by atoms with Crippen molar-refractivity contribution in [3.8, 4) is 5.75 Å². The normalized spacial score (nSPS) is 17.6. The monoisotopic (exact) mass is 277 g/mol. The molecular formula is C14H19N3O3. The van der Waals surface area contributed by atoms with E-state index in [9.17, 15) is 15.2 Å². The quantitative estimate of drug-likeness (QED) is 0.487. The van der Waals surface area contributed by atoms with Gasteiger partial charge in [0.15, 0.2) is 5.75 Å². The maximum atomic E-state index is 10.9. The lowest BCUT2D eigenvalue weighted by molar-refractivity contribution is -0.386. The molecule has 1 atom stereocenters. The van der Waals surface area contributed by atoms with Gasteiger partial charge in [0.05, 0.1) is 4.92 Å². The maximum absolute atomic E-state index is 10.9. The van der Waals surface area contributed by atoms with E-state index in [0.29, 0.717) is 0 Å². The second-order valence-electron chi connectivity index (χ2n) is 4.83. The molecule has 0 radical (unpaired) electrons. The summed E-state index contributed by atoms with van der Waals surface area (Å²) in [5, 5.41) is 23.8. The highest BCUT2D eigenvalue weighted by Gasteiger charge is 2.24. The van der Waals surface area contributed by atoms with Gasteiger partial charge < -0.3 is 10.4 Å². The summed E-state index contributed by atoms with van der Waals surface area (Å²) in [5.41, 5.74) is 0.600. The van der Waals surface area contributed by atoms with E-state index in [0.717, 1.165) is 38.2 Å². The van der Waals surface area contributed by atoms with Gasteiger partial charge in [0.1, 0.15) is 0 Å². The summed E-state index contributed by atoms with van der Waals surface area (Å²) in [5.74, 6) is -0.295. The number of hydrogen-bond donors (Lipinski definition) is 2. The zero-order valence-electron chi connectivity index (χ0n) is 11.3. The summed E-state index contributed by atoms with van der Waals surface area (Å²) in [6.45, 7) is 7.38. The number of hydrogen-bond acceptors (Lipinski definition) is 5. The van der Waals surface area contributed by atoms with Gasteiger partial charge in [-0.25, -0.2) is 0 Å². The molecule has 6 heteroatoms. The number of aromatic hydroxyl groups is 1. The second-order valence-corrected chi connectivity index (χ2v) is 4.83. The van der Waals surface area contributed by atoms with Crippen molar-refractivity contribution < 1.29 is 10.0 Å². The highest BCUT2D eigenvalue weighted by molar-refractivity contribution is 5.48. The summed E-state index contributed by atoms with van der Waals surface area (Å²) in [4.78, 5) is 12.7. The number of rotatable bonds is 5. The molecule has 2 rings (SSSR count). The number of phenolic OH excluding ortho intramolecular Hbond substituents is 1. The highest BCUT2D eigenvalue weighted by atomic mass is 16.6. The van der Waals surface area contributed by atoms with Crippen LogP contribution in [0.3, 0.4) is 0 Å². The number of nitro groups is 1. The van der Waals surface area contributed by atoms with E-state index in [2.05, 4.69) is 16.8 Å². The summed E-state index contributed by atoms with van der Waals surface area (Å²) in [6, 6.07) is 4.67. The van der Waals surface area contributed by atoms with Gasteiger partial charge in [0, 0.05) is 38.3 Å². The van der Waals surface area contributed by atoms with Crippen LogP contribution < -0.4 is 5.32 Å². The average Bonchev–Trinajstić information content (AvgIpc) is 2.46. The Labute approximate surface area is 117 Å². The van der Waals surface area contributed by atoms with Crippen molar-refractivity contribution in [3.05, 3.63) is 46.5 Å². The lowest BCUT2D eigenvalue weighted by atomic mass is 10.00. The Bertz CT molecular complexity index is 498. The molecule has 0 saturated carbocycles. The Morgan fingerprint density at radius 3 is 2.80 bits per heavy atom. The van der Waals surface area contributed by atoms with Crippen LogP contribution in [0.2, 0.25) is 0 Å². The van der Waals surface area contributed by atoms with Gasteiger partial charge in [0.2, 0.25) is 0 Å². The van der Waals surface area contributed by atoms with Crippen molar-refractivity contribution in [2.45, 2.75) is 12.5 Å². The minimum atomic E-state index is -0.554. The SMILES string of the molecule is C=CC[C@H](c1ccc(O)c([N+](=O)[O-])c1)N1CCNCC1. The fraction of sp³-hybridized carbons (Fsp3) is 0.429. The molecule has 0 aromatic heterocycles. The summed E-state index contributed by atoms with van der Waals surface area (Å²) >= 11 is 0. The zero-order valence-corrected chi connectivity index (χ0v) is 11.3. The third-order valence-electron chi connectivity index (χ3n) is 3.56. The third kappa shape index (κ3) is 3.15. The molecule has 1 heterocycles. The fourth-order valence-electron chi connectivity index (χ4n) is 2.54. The predicted octanol–water partition coefficient (Wildman–Crippen LogP) is 1.82. The van der Waals surface area contributed by atoms with E-state index in [4.69, 9.17) is 0 Å². The van der Waals surface area contributed by atoms with Crippen molar-refractivity contribution in [1.29, 1.82) is 0 Å². The van der Waals surface area contributed by atoms with Crippen LogP contribution in [0.15, 0.2) is 30.9 Å².